The lowest BCUT2D eigenvalue weighted by Crippen LogP contribution is -2.32. The number of rotatable bonds is 9. The maximum Gasteiger partial charge on any atom is 0.0576 e. The van der Waals surface area contributed by atoms with Crippen LogP contribution in [0.2, 0.25) is 0 Å². The molecular formula is C14H29NOS. The first kappa shape index (κ1) is 15.3. The minimum absolute atomic E-state index is 0.547. The van der Waals surface area contributed by atoms with E-state index >= 15 is 0 Å². The van der Waals surface area contributed by atoms with E-state index in [1.54, 1.807) is 0 Å². The average Bonchev–Trinajstić information content (AvgIpc) is 2.78. The van der Waals surface area contributed by atoms with Gasteiger partial charge in [-0.25, -0.2) is 0 Å². The van der Waals surface area contributed by atoms with Crippen LogP contribution >= 0.6 is 11.8 Å². The van der Waals surface area contributed by atoms with E-state index in [1.165, 1.54) is 37.2 Å². The molecule has 0 aromatic rings. The van der Waals surface area contributed by atoms with Crippen LogP contribution in [-0.2, 0) is 4.74 Å². The molecule has 2 atom stereocenters. The summed E-state index contributed by atoms with van der Waals surface area (Å²) in [6, 6.07) is 0.674. The molecule has 102 valence electrons. The molecule has 0 aromatic heterocycles. The molecule has 2 nitrogen and oxygen atoms in total. The van der Waals surface area contributed by atoms with E-state index in [0.717, 1.165) is 19.1 Å². The van der Waals surface area contributed by atoms with Crippen molar-refractivity contribution >= 4 is 11.8 Å². The van der Waals surface area contributed by atoms with Crippen LogP contribution in [0, 0.1) is 5.92 Å². The number of ether oxygens (including phenoxy) is 1. The van der Waals surface area contributed by atoms with E-state index < -0.39 is 0 Å². The van der Waals surface area contributed by atoms with Crippen LogP contribution < -0.4 is 5.32 Å². The van der Waals surface area contributed by atoms with Gasteiger partial charge in [-0.05, 0) is 43.9 Å². The molecule has 0 bridgehead atoms. The van der Waals surface area contributed by atoms with Gasteiger partial charge in [-0.15, -0.1) is 0 Å². The van der Waals surface area contributed by atoms with Crippen molar-refractivity contribution in [3.05, 3.63) is 0 Å². The van der Waals surface area contributed by atoms with Crippen molar-refractivity contribution in [2.75, 3.05) is 24.7 Å². The highest BCUT2D eigenvalue weighted by Gasteiger charge is 2.17. The van der Waals surface area contributed by atoms with Gasteiger partial charge in [-0.2, -0.15) is 11.8 Å². The molecule has 17 heavy (non-hydrogen) atoms. The molecule has 0 aliphatic carbocycles. The number of hydrogen-bond acceptors (Lipinski definition) is 3. The van der Waals surface area contributed by atoms with Crippen LogP contribution in [0.1, 0.15) is 46.5 Å². The van der Waals surface area contributed by atoms with Gasteiger partial charge in [-0.1, -0.05) is 20.8 Å². The fourth-order valence-electron chi connectivity index (χ4n) is 2.24. The second kappa shape index (κ2) is 9.23. The van der Waals surface area contributed by atoms with Gasteiger partial charge in [0.25, 0.3) is 0 Å². The molecule has 1 N–H and O–H groups in total. The third-order valence-electron chi connectivity index (χ3n) is 3.12. The van der Waals surface area contributed by atoms with Crippen LogP contribution in [0.4, 0.5) is 0 Å². The first-order valence-electron chi connectivity index (χ1n) is 7.15. The summed E-state index contributed by atoms with van der Waals surface area (Å²) in [5.74, 6) is 3.33. The van der Waals surface area contributed by atoms with Crippen molar-refractivity contribution in [2.24, 2.45) is 5.92 Å². The van der Waals surface area contributed by atoms with Crippen molar-refractivity contribution in [3.63, 3.8) is 0 Å². The Labute approximate surface area is 111 Å². The smallest absolute Gasteiger partial charge is 0.0576 e. The molecule has 1 aliphatic heterocycles. The summed E-state index contributed by atoms with van der Waals surface area (Å²) in [5, 5.41) is 3.60. The van der Waals surface area contributed by atoms with E-state index in [-0.39, 0.29) is 0 Å². The van der Waals surface area contributed by atoms with E-state index in [1.807, 2.05) is 0 Å². The molecule has 0 amide bonds. The molecule has 0 spiro atoms. The summed E-state index contributed by atoms with van der Waals surface area (Å²) >= 11 is 2.09. The summed E-state index contributed by atoms with van der Waals surface area (Å²) in [5.41, 5.74) is 0. The van der Waals surface area contributed by atoms with Gasteiger partial charge in [-0.3, -0.25) is 0 Å². The third-order valence-corrected chi connectivity index (χ3v) is 4.66. The zero-order chi connectivity index (χ0) is 12.5. The lowest BCUT2D eigenvalue weighted by Gasteiger charge is -2.19. The van der Waals surface area contributed by atoms with Crippen molar-refractivity contribution in [1.82, 2.24) is 5.32 Å². The zero-order valence-corrected chi connectivity index (χ0v) is 12.5. The van der Waals surface area contributed by atoms with Gasteiger partial charge in [0.2, 0.25) is 0 Å². The molecule has 1 saturated heterocycles. The summed E-state index contributed by atoms with van der Waals surface area (Å²) in [6.07, 6.45) is 5.59. The lowest BCUT2D eigenvalue weighted by atomic mass is 10.1. The third kappa shape index (κ3) is 7.32. The number of thioether (sulfide) groups is 1. The Morgan fingerprint density at radius 1 is 1.35 bits per heavy atom. The zero-order valence-electron chi connectivity index (χ0n) is 11.7. The van der Waals surface area contributed by atoms with Crippen molar-refractivity contribution in [1.29, 1.82) is 0 Å². The van der Waals surface area contributed by atoms with Gasteiger partial charge >= 0.3 is 0 Å². The highest BCUT2D eigenvalue weighted by atomic mass is 32.2. The Kier molecular flexibility index (Phi) is 8.33. The summed E-state index contributed by atoms with van der Waals surface area (Å²) in [6.45, 7) is 8.85. The molecule has 2 unspecified atom stereocenters. The van der Waals surface area contributed by atoms with Crippen LogP contribution in [-0.4, -0.2) is 36.8 Å². The average molecular weight is 259 g/mol. The summed E-state index contributed by atoms with van der Waals surface area (Å²) < 4.78 is 5.69. The van der Waals surface area contributed by atoms with Crippen LogP contribution in [0.25, 0.3) is 0 Å². The first-order valence-corrected chi connectivity index (χ1v) is 8.30. The predicted molar refractivity (Wildman–Crippen MR) is 77.8 cm³/mol. The fourth-order valence-corrected chi connectivity index (χ4v) is 3.41. The highest BCUT2D eigenvalue weighted by molar-refractivity contribution is 7.99. The largest absolute Gasteiger partial charge is 0.378 e. The van der Waals surface area contributed by atoms with E-state index in [4.69, 9.17) is 4.74 Å². The number of hydrogen-bond donors (Lipinski definition) is 1. The monoisotopic (exact) mass is 259 g/mol. The minimum atomic E-state index is 0.547. The van der Waals surface area contributed by atoms with Gasteiger partial charge < -0.3 is 10.1 Å². The van der Waals surface area contributed by atoms with Gasteiger partial charge in [0.05, 0.1) is 6.10 Å². The van der Waals surface area contributed by atoms with E-state index in [2.05, 4.69) is 37.8 Å². The molecule has 1 fully saturated rings. The Balaban J connectivity index is 2.12. The predicted octanol–water partition coefficient (Wildman–Crippen LogP) is 3.31. The van der Waals surface area contributed by atoms with Crippen molar-refractivity contribution < 1.29 is 4.74 Å². The second-order valence-corrected chi connectivity index (χ2v) is 6.47. The molecule has 0 saturated carbocycles. The topological polar surface area (TPSA) is 21.3 Å². The molecule has 1 rings (SSSR count). The van der Waals surface area contributed by atoms with E-state index in [9.17, 15) is 0 Å². The Morgan fingerprint density at radius 2 is 2.18 bits per heavy atom. The summed E-state index contributed by atoms with van der Waals surface area (Å²) in [7, 11) is 0. The van der Waals surface area contributed by atoms with Crippen molar-refractivity contribution in [2.45, 2.75) is 58.6 Å². The van der Waals surface area contributed by atoms with Crippen molar-refractivity contribution in [3.8, 4) is 0 Å². The Bertz CT molecular complexity index is 181. The molecule has 0 aromatic carbocycles. The number of nitrogens with one attached hydrogen (secondary N) is 1. The molecule has 0 radical (unpaired) electrons. The maximum atomic E-state index is 5.69. The Hall–Kier alpha value is 0.270. The molecule has 3 heteroatoms. The lowest BCUT2D eigenvalue weighted by molar-refractivity contribution is 0.100. The van der Waals surface area contributed by atoms with Crippen LogP contribution in [0.5, 0.6) is 0 Å². The van der Waals surface area contributed by atoms with Gasteiger partial charge in [0.15, 0.2) is 0 Å². The van der Waals surface area contributed by atoms with Gasteiger partial charge in [0.1, 0.15) is 0 Å². The Morgan fingerprint density at radius 3 is 2.76 bits per heavy atom. The standard InChI is InChI=1S/C14H29NOS/c1-4-15-13(11-17-10-12(2)3)7-8-14-6-5-9-16-14/h12-15H,4-11H2,1-3H3. The van der Waals surface area contributed by atoms with Crippen LogP contribution in [0.15, 0.2) is 0 Å². The SMILES string of the molecule is CCNC(CCC1CCCO1)CSCC(C)C. The second-order valence-electron chi connectivity index (χ2n) is 5.40. The molecule has 1 heterocycles. The van der Waals surface area contributed by atoms with Gasteiger partial charge in [0, 0.05) is 18.4 Å². The fraction of sp³-hybridized carbons (Fsp3) is 1.00. The first-order chi connectivity index (χ1) is 8.22. The molecular weight excluding hydrogens is 230 g/mol. The molecule has 1 aliphatic rings. The normalized spacial score (nSPS) is 22.2. The highest BCUT2D eigenvalue weighted by Crippen LogP contribution is 2.19. The quantitative estimate of drug-likeness (QED) is 0.686. The summed E-state index contributed by atoms with van der Waals surface area (Å²) in [4.78, 5) is 0. The van der Waals surface area contributed by atoms with E-state index in [0.29, 0.717) is 12.1 Å². The van der Waals surface area contributed by atoms with Crippen LogP contribution in [0.3, 0.4) is 0 Å². The minimum Gasteiger partial charge on any atom is -0.378 e. The maximum absolute atomic E-state index is 5.69.